The summed E-state index contributed by atoms with van der Waals surface area (Å²) in [7, 11) is 0. The van der Waals surface area contributed by atoms with Gasteiger partial charge in [-0.2, -0.15) is 4.39 Å². The summed E-state index contributed by atoms with van der Waals surface area (Å²) < 4.78 is 18.2. The van der Waals surface area contributed by atoms with Crippen molar-refractivity contribution in [1.29, 1.82) is 0 Å². The van der Waals surface area contributed by atoms with E-state index in [9.17, 15) is 18.8 Å². The molecule has 1 aliphatic heterocycles. The largest absolute Gasteiger partial charge is 0.450 e. The van der Waals surface area contributed by atoms with E-state index in [2.05, 4.69) is 20.4 Å². The number of nitrogens with zero attached hydrogens (tertiary/aromatic N) is 1. The van der Waals surface area contributed by atoms with Crippen LogP contribution in [0.25, 0.3) is 0 Å². The van der Waals surface area contributed by atoms with Gasteiger partial charge < -0.3 is 15.4 Å². The summed E-state index contributed by atoms with van der Waals surface area (Å²) in [6.07, 6.45) is 0.648. The average Bonchev–Trinajstić information content (AvgIpc) is 3.18. The van der Waals surface area contributed by atoms with Gasteiger partial charge in [-0.3, -0.25) is 14.9 Å². The van der Waals surface area contributed by atoms with Crippen molar-refractivity contribution in [1.82, 2.24) is 10.3 Å². The van der Waals surface area contributed by atoms with Gasteiger partial charge >= 0.3 is 6.09 Å². The highest BCUT2D eigenvalue weighted by Gasteiger charge is 2.30. The molecule has 8 nitrogen and oxygen atoms in total. The minimum absolute atomic E-state index is 0.000568. The summed E-state index contributed by atoms with van der Waals surface area (Å²) >= 11 is 1.84. The van der Waals surface area contributed by atoms with E-state index in [0.29, 0.717) is 17.2 Å². The third kappa shape index (κ3) is 3.94. The Labute approximate surface area is 155 Å². The molecule has 3 rings (SSSR count). The first kappa shape index (κ1) is 18.1. The number of amides is 3. The lowest BCUT2D eigenvalue weighted by Crippen LogP contribution is -2.33. The van der Waals surface area contributed by atoms with Gasteiger partial charge in [-0.1, -0.05) is 23.1 Å². The topological polar surface area (TPSA) is 109 Å². The van der Waals surface area contributed by atoms with Crippen molar-refractivity contribution in [3.63, 3.8) is 0 Å². The molecule has 3 amide bonds. The number of pyridine rings is 1. The van der Waals surface area contributed by atoms with Crippen LogP contribution in [0.5, 0.6) is 0 Å². The van der Waals surface area contributed by atoms with Gasteiger partial charge in [0.05, 0.1) is 17.1 Å². The third-order valence-corrected chi connectivity index (χ3v) is 5.19. The van der Waals surface area contributed by atoms with Gasteiger partial charge in [0.1, 0.15) is 10.8 Å². The zero-order valence-electron chi connectivity index (χ0n) is 13.4. The number of aromatic nitrogens is 1. The minimum atomic E-state index is -0.948. The van der Waals surface area contributed by atoms with Crippen LogP contribution in [0.4, 0.5) is 20.0 Å². The molecule has 0 bridgehead atoms. The number of rotatable bonds is 4. The van der Waals surface area contributed by atoms with E-state index in [1.807, 2.05) is 11.4 Å². The number of thiophene rings is 1. The lowest BCUT2D eigenvalue weighted by Gasteiger charge is -2.11. The molecule has 1 atom stereocenters. The number of ether oxygens (including phenoxy) is 1. The second kappa shape index (κ2) is 7.70. The number of thioether (sulfide) groups is 1. The molecule has 26 heavy (non-hydrogen) atoms. The highest BCUT2D eigenvalue weighted by atomic mass is 32.2. The number of hydrogen-bond donors (Lipinski definition) is 3. The maximum Gasteiger partial charge on any atom is 0.414 e. The van der Waals surface area contributed by atoms with Crippen molar-refractivity contribution < 1.29 is 23.5 Å². The van der Waals surface area contributed by atoms with Gasteiger partial charge in [0.25, 0.3) is 11.8 Å². The van der Waals surface area contributed by atoms with Crippen LogP contribution in [-0.4, -0.2) is 34.9 Å². The van der Waals surface area contributed by atoms with Crippen LogP contribution in [-0.2, 0) is 9.53 Å². The molecule has 0 saturated heterocycles. The first-order chi connectivity index (χ1) is 12.5. The van der Waals surface area contributed by atoms with Crippen molar-refractivity contribution >= 4 is 51.8 Å². The van der Waals surface area contributed by atoms with E-state index in [0.717, 1.165) is 11.0 Å². The van der Waals surface area contributed by atoms with Gasteiger partial charge in [-0.25, -0.2) is 9.78 Å². The van der Waals surface area contributed by atoms with Crippen LogP contribution < -0.4 is 16.0 Å². The molecule has 1 unspecified atom stereocenters. The minimum Gasteiger partial charge on any atom is -0.450 e. The maximum absolute atomic E-state index is 13.6. The number of carbonyl (C=O) groups is 3. The monoisotopic (exact) mass is 396 g/mol. The molecule has 11 heteroatoms. The van der Waals surface area contributed by atoms with E-state index in [-0.39, 0.29) is 17.2 Å². The fraction of sp³-hybridized carbons (Fsp3) is 0.200. The van der Waals surface area contributed by atoms with Gasteiger partial charge in [0.2, 0.25) is 0 Å². The molecule has 0 saturated carbocycles. The van der Waals surface area contributed by atoms with Crippen molar-refractivity contribution in [3.8, 4) is 0 Å². The Hall–Kier alpha value is -2.66. The second-order valence-electron chi connectivity index (χ2n) is 4.95. The predicted octanol–water partition coefficient (Wildman–Crippen LogP) is 2.65. The molecule has 0 aliphatic carbocycles. The van der Waals surface area contributed by atoms with E-state index < -0.39 is 28.4 Å². The lowest BCUT2D eigenvalue weighted by molar-refractivity contribution is -0.115. The van der Waals surface area contributed by atoms with E-state index >= 15 is 0 Å². The highest BCUT2D eigenvalue weighted by Crippen LogP contribution is 2.37. The zero-order chi connectivity index (χ0) is 18.7. The number of fused-ring (bicyclic) bond motifs is 1. The molecule has 0 aromatic carbocycles. The van der Waals surface area contributed by atoms with Gasteiger partial charge in [0.15, 0.2) is 10.5 Å². The summed E-state index contributed by atoms with van der Waals surface area (Å²) in [4.78, 5) is 40.8. The van der Waals surface area contributed by atoms with Gasteiger partial charge in [0, 0.05) is 12.3 Å². The predicted molar refractivity (Wildman–Crippen MR) is 94.9 cm³/mol. The van der Waals surface area contributed by atoms with Crippen molar-refractivity contribution in [2.45, 2.75) is 17.2 Å². The molecule has 0 fully saturated rings. The molecule has 136 valence electrons. The molecule has 2 aromatic rings. The molecule has 1 aliphatic rings. The summed E-state index contributed by atoms with van der Waals surface area (Å²) in [5, 5.41) is 6.06. The number of nitrogens with one attached hydrogen (secondary N) is 3. The van der Waals surface area contributed by atoms with Crippen molar-refractivity contribution in [2.24, 2.45) is 0 Å². The maximum atomic E-state index is 13.6. The fourth-order valence-electron chi connectivity index (χ4n) is 2.12. The molecular weight excluding hydrogens is 383 g/mol. The van der Waals surface area contributed by atoms with E-state index in [1.165, 1.54) is 11.8 Å². The SMILES string of the molecule is CCOC(=O)NC(=O)c1cc(F)sc1NC(=O)C1Nc2ncccc2S1. The van der Waals surface area contributed by atoms with Crippen LogP contribution >= 0.6 is 23.1 Å². The van der Waals surface area contributed by atoms with Crippen LogP contribution in [0.2, 0.25) is 0 Å². The van der Waals surface area contributed by atoms with Crippen LogP contribution in [0, 0.1) is 5.13 Å². The first-order valence-corrected chi connectivity index (χ1v) is 9.14. The second-order valence-corrected chi connectivity index (χ2v) is 7.10. The number of carbonyl (C=O) groups excluding carboxylic acids is 3. The quantitative estimate of drug-likeness (QED) is 0.729. The summed E-state index contributed by atoms with van der Waals surface area (Å²) in [5.74, 6) is -0.758. The molecule has 0 spiro atoms. The highest BCUT2D eigenvalue weighted by molar-refractivity contribution is 8.01. The Morgan fingerprint density at radius 3 is 2.96 bits per heavy atom. The van der Waals surface area contributed by atoms with Gasteiger partial charge in [-0.15, -0.1) is 0 Å². The summed E-state index contributed by atoms with van der Waals surface area (Å²) in [6, 6.07) is 4.51. The molecule has 2 aromatic heterocycles. The molecule has 3 heterocycles. The van der Waals surface area contributed by atoms with E-state index in [1.54, 1.807) is 19.2 Å². The number of halogens is 1. The first-order valence-electron chi connectivity index (χ1n) is 7.44. The van der Waals surface area contributed by atoms with Crippen molar-refractivity contribution in [2.75, 3.05) is 17.2 Å². The Kier molecular flexibility index (Phi) is 5.38. The Morgan fingerprint density at radius 1 is 1.42 bits per heavy atom. The zero-order valence-corrected chi connectivity index (χ0v) is 15.0. The Morgan fingerprint density at radius 2 is 2.23 bits per heavy atom. The standard InChI is InChI=1S/C15H13FN4O4S2/c1-2-24-15(23)20-11(21)7-6-9(16)26-13(7)19-12(22)14-18-10-8(25-14)4-3-5-17-10/h3-6,14H,2H2,1H3,(H,17,18)(H,19,22)(H,20,21,23). The average molecular weight is 396 g/mol. The Bertz CT molecular complexity index is 848. The summed E-state index contributed by atoms with van der Waals surface area (Å²) in [5.41, 5.74) is -0.160. The lowest BCUT2D eigenvalue weighted by atomic mass is 10.3. The number of hydrogen-bond acceptors (Lipinski definition) is 8. The van der Waals surface area contributed by atoms with Crippen molar-refractivity contribution in [3.05, 3.63) is 35.1 Å². The van der Waals surface area contributed by atoms with Crippen LogP contribution in [0.15, 0.2) is 29.3 Å². The third-order valence-electron chi connectivity index (χ3n) is 3.20. The van der Waals surface area contributed by atoms with Gasteiger partial charge in [-0.05, 0) is 19.1 Å². The number of imide groups is 1. The Balaban J connectivity index is 1.70. The normalized spacial score (nSPS) is 14.9. The summed E-state index contributed by atoms with van der Waals surface area (Å²) in [6.45, 7) is 1.67. The number of alkyl carbamates (subject to hydrolysis) is 1. The molecule has 3 N–H and O–H groups in total. The number of anilines is 2. The van der Waals surface area contributed by atoms with Crippen LogP contribution in [0.3, 0.4) is 0 Å². The van der Waals surface area contributed by atoms with E-state index in [4.69, 9.17) is 0 Å². The molecular formula is C15H13FN4O4S2. The van der Waals surface area contributed by atoms with Crippen LogP contribution in [0.1, 0.15) is 17.3 Å². The fourth-order valence-corrected chi connectivity index (χ4v) is 3.88. The molecule has 0 radical (unpaired) electrons. The smallest absolute Gasteiger partial charge is 0.414 e.